The minimum atomic E-state index is -0.285. The second-order valence-electron chi connectivity index (χ2n) is 5.21. The van der Waals surface area contributed by atoms with Crippen molar-refractivity contribution in [2.45, 2.75) is 0 Å². The zero-order valence-electron chi connectivity index (χ0n) is 14.6. The summed E-state index contributed by atoms with van der Waals surface area (Å²) in [5.74, 6) is 1.61. The molecule has 0 radical (unpaired) electrons. The Labute approximate surface area is 152 Å². The van der Waals surface area contributed by atoms with Crippen LogP contribution in [0.4, 0.5) is 11.5 Å². The molecule has 0 aliphatic heterocycles. The molecule has 0 aliphatic rings. The number of hydrogen-bond donors (Lipinski definition) is 3. The fourth-order valence-electron chi connectivity index (χ4n) is 2.03. The maximum atomic E-state index is 11.9. The van der Waals surface area contributed by atoms with Crippen LogP contribution in [0.2, 0.25) is 0 Å². The minimum Gasteiger partial charge on any atom is -0.497 e. The standard InChI is InChI=1S/C18H23N3O5/c1-24-15-3-2-4-16(11-15)26-13-18(23)21-14-5-6-17(20-12-14)19-7-9-25-10-8-22/h2-6,11-12,22H,7-10,13H2,1H3,(H,19,20)(H,21,23). The zero-order valence-corrected chi connectivity index (χ0v) is 14.6. The molecule has 0 saturated heterocycles. The van der Waals surface area contributed by atoms with E-state index < -0.39 is 0 Å². The van der Waals surface area contributed by atoms with E-state index in [9.17, 15) is 4.79 Å². The summed E-state index contributed by atoms with van der Waals surface area (Å²) in [5, 5.41) is 14.4. The van der Waals surface area contributed by atoms with E-state index in [0.717, 1.165) is 0 Å². The molecule has 2 aromatic rings. The SMILES string of the molecule is COc1cccc(OCC(=O)Nc2ccc(NCCOCCO)nc2)c1. The van der Waals surface area contributed by atoms with Gasteiger partial charge in [0.05, 0.1) is 38.8 Å². The molecule has 0 bridgehead atoms. The molecule has 1 amide bonds. The Morgan fingerprint density at radius 3 is 2.77 bits per heavy atom. The molecule has 140 valence electrons. The van der Waals surface area contributed by atoms with Gasteiger partial charge in [-0.25, -0.2) is 4.98 Å². The lowest BCUT2D eigenvalue weighted by molar-refractivity contribution is -0.118. The van der Waals surface area contributed by atoms with Gasteiger partial charge in [0.15, 0.2) is 6.61 Å². The number of pyridine rings is 1. The molecule has 2 rings (SSSR count). The van der Waals surface area contributed by atoms with Crippen molar-refractivity contribution in [1.29, 1.82) is 0 Å². The molecule has 26 heavy (non-hydrogen) atoms. The Hall–Kier alpha value is -2.84. The van der Waals surface area contributed by atoms with Gasteiger partial charge in [-0.2, -0.15) is 0 Å². The highest BCUT2D eigenvalue weighted by Gasteiger charge is 2.05. The van der Waals surface area contributed by atoms with Gasteiger partial charge < -0.3 is 30.0 Å². The van der Waals surface area contributed by atoms with Gasteiger partial charge in [-0.1, -0.05) is 6.07 Å². The Balaban J connectivity index is 1.72. The van der Waals surface area contributed by atoms with Crippen molar-refractivity contribution < 1.29 is 24.1 Å². The van der Waals surface area contributed by atoms with E-state index in [1.54, 1.807) is 49.7 Å². The molecular formula is C18H23N3O5. The van der Waals surface area contributed by atoms with Crippen LogP contribution >= 0.6 is 0 Å². The Bertz CT molecular complexity index is 679. The number of aliphatic hydroxyl groups excluding tert-OH is 1. The van der Waals surface area contributed by atoms with Gasteiger partial charge in [0.2, 0.25) is 0 Å². The maximum Gasteiger partial charge on any atom is 0.262 e. The number of benzene rings is 1. The minimum absolute atomic E-state index is 0.00811. The number of aromatic nitrogens is 1. The van der Waals surface area contributed by atoms with E-state index in [0.29, 0.717) is 42.8 Å². The predicted octanol–water partition coefficient (Wildman–Crippen LogP) is 1.53. The molecule has 8 heteroatoms. The highest BCUT2D eigenvalue weighted by molar-refractivity contribution is 5.91. The Kier molecular flexibility index (Phi) is 8.17. The molecular weight excluding hydrogens is 338 g/mol. The molecule has 8 nitrogen and oxygen atoms in total. The maximum absolute atomic E-state index is 11.9. The van der Waals surface area contributed by atoms with E-state index in [1.165, 1.54) is 0 Å². The first kappa shape index (κ1) is 19.5. The predicted molar refractivity (Wildman–Crippen MR) is 97.8 cm³/mol. The van der Waals surface area contributed by atoms with Gasteiger partial charge in [-0.05, 0) is 24.3 Å². The average Bonchev–Trinajstić information content (AvgIpc) is 2.68. The van der Waals surface area contributed by atoms with Crippen LogP contribution in [0.3, 0.4) is 0 Å². The fourth-order valence-corrected chi connectivity index (χ4v) is 2.03. The number of amides is 1. The summed E-state index contributed by atoms with van der Waals surface area (Å²) >= 11 is 0. The number of carbonyl (C=O) groups is 1. The number of carbonyl (C=O) groups excluding carboxylic acids is 1. The summed E-state index contributed by atoms with van der Waals surface area (Å²) in [7, 11) is 1.57. The average molecular weight is 361 g/mol. The molecule has 0 unspecified atom stereocenters. The van der Waals surface area contributed by atoms with Gasteiger partial charge in [-0.3, -0.25) is 4.79 Å². The highest BCUT2D eigenvalue weighted by atomic mass is 16.5. The van der Waals surface area contributed by atoms with Crippen LogP contribution < -0.4 is 20.1 Å². The van der Waals surface area contributed by atoms with E-state index >= 15 is 0 Å². The molecule has 0 spiro atoms. The number of rotatable bonds is 11. The van der Waals surface area contributed by atoms with Crippen LogP contribution in [0.5, 0.6) is 11.5 Å². The van der Waals surface area contributed by atoms with Gasteiger partial charge in [0, 0.05) is 12.6 Å². The van der Waals surface area contributed by atoms with Crippen LogP contribution in [-0.4, -0.2) is 56.1 Å². The van der Waals surface area contributed by atoms with Crippen LogP contribution in [0.15, 0.2) is 42.6 Å². The molecule has 0 fully saturated rings. The van der Waals surface area contributed by atoms with Crippen molar-refractivity contribution in [1.82, 2.24) is 4.98 Å². The number of nitrogens with one attached hydrogen (secondary N) is 2. The summed E-state index contributed by atoms with van der Waals surface area (Å²) in [6.07, 6.45) is 1.56. The van der Waals surface area contributed by atoms with Crippen LogP contribution in [-0.2, 0) is 9.53 Å². The third-order valence-corrected chi connectivity index (χ3v) is 3.25. The van der Waals surface area contributed by atoms with E-state index in [1.807, 2.05) is 0 Å². The number of hydrogen-bond acceptors (Lipinski definition) is 7. The largest absolute Gasteiger partial charge is 0.497 e. The number of anilines is 2. The first-order valence-corrected chi connectivity index (χ1v) is 8.16. The van der Waals surface area contributed by atoms with Crippen molar-refractivity contribution in [3.8, 4) is 11.5 Å². The molecule has 0 saturated carbocycles. The quantitative estimate of drug-likeness (QED) is 0.522. The number of methoxy groups -OCH3 is 1. The number of ether oxygens (including phenoxy) is 3. The summed E-state index contributed by atoms with van der Waals surface area (Å²) < 4.78 is 15.7. The smallest absolute Gasteiger partial charge is 0.262 e. The molecule has 1 heterocycles. The highest BCUT2D eigenvalue weighted by Crippen LogP contribution is 2.18. The molecule has 1 aromatic heterocycles. The molecule has 3 N–H and O–H groups in total. The van der Waals surface area contributed by atoms with Crippen molar-refractivity contribution in [2.24, 2.45) is 0 Å². The van der Waals surface area contributed by atoms with Gasteiger partial charge >= 0.3 is 0 Å². The van der Waals surface area contributed by atoms with Crippen LogP contribution in [0.1, 0.15) is 0 Å². The molecule has 1 aromatic carbocycles. The number of aliphatic hydroxyl groups is 1. The van der Waals surface area contributed by atoms with Gasteiger partial charge in [-0.15, -0.1) is 0 Å². The van der Waals surface area contributed by atoms with E-state index in [2.05, 4.69) is 15.6 Å². The lowest BCUT2D eigenvalue weighted by atomic mass is 10.3. The summed E-state index contributed by atoms with van der Waals surface area (Å²) in [6.45, 7) is 1.26. The zero-order chi connectivity index (χ0) is 18.6. The van der Waals surface area contributed by atoms with Crippen molar-refractivity contribution in [3.63, 3.8) is 0 Å². The monoisotopic (exact) mass is 361 g/mol. The number of nitrogens with zero attached hydrogens (tertiary/aromatic N) is 1. The van der Waals surface area contributed by atoms with E-state index in [-0.39, 0.29) is 19.1 Å². The normalized spacial score (nSPS) is 10.2. The lowest BCUT2D eigenvalue weighted by Crippen LogP contribution is -2.20. The summed E-state index contributed by atoms with van der Waals surface area (Å²) in [5.41, 5.74) is 0.575. The van der Waals surface area contributed by atoms with E-state index in [4.69, 9.17) is 19.3 Å². The second-order valence-corrected chi connectivity index (χ2v) is 5.21. The topological polar surface area (TPSA) is 102 Å². The Morgan fingerprint density at radius 1 is 1.19 bits per heavy atom. The fraction of sp³-hybridized carbons (Fsp3) is 0.333. The van der Waals surface area contributed by atoms with Crippen molar-refractivity contribution in [2.75, 3.05) is 50.7 Å². The third-order valence-electron chi connectivity index (χ3n) is 3.25. The summed E-state index contributed by atoms with van der Waals surface area (Å²) in [6, 6.07) is 10.5. The lowest BCUT2D eigenvalue weighted by Gasteiger charge is -2.09. The van der Waals surface area contributed by atoms with Crippen LogP contribution in [0, 0.1) is 0 Å². The molecule has 0 aliphatic carbocycles. The van der Waals surface area contributed by atoms with Crippen LogP contribution in [0.25, 0.3) is 0 Å². The second kappa shape index (κ2) is 10.9. The first-order chi connectivity index (χ1) is 12.7. The molecule has 0 atom stereocenters. The summed E-state index contributed by atoms with van der Waals surface area (Å²) in [4.78, 5) is 16.2. The Morgan fingerprint density at radius 2 is 2.04 bits per heavy atom. The van der Waals surface area contributed by atoms with Gasteiger partial charge in [0.1, 0.15) is 17.3 Å². The third kappa shape index (κ3) is 6.96. The van der Waals surface area contributed by atoms with Crippen molar-refractivity contribution >= 4 is 17.4 Å². The van der Waals surface area contributed by atoms with Crippen molar-refractivity contribution in [3.05, 3.63) is 42.6 Å². The first-order valence-electron chi connectivity index (χ1n) is 8.16. The van der Waals surface area contributed by atoms with Gasteiger partial charge in [0.25, 0.3) is 5.91 Å².